The molecule has 0 amide bonds. The van der Waals surface area contributed by atoms with Crippen LogP contribution in [0.2, 0.25) is 0 Å². The van der Waals surface area contributed by atoms with Gasteiger partial charge in [0.15, 0.2) is 0 Å². The van der Waals surface area contributed by atoms with E-state index in [9.17, 15) is 8.42 Å². The lowest BCUT2D eigenvalue weighted by Crippen LogP contribution is -2.21. The Labute approximate surface area is 73.2 Å². The van der Waals surface area contributed by atoms with E-state index in [4.69, 9.17) is 4.18 Å². The molecule has 0 aromatic rings. The summed E-state index contributed by atoms with van der Waals surface area (Å²) in [6.45, 7) is 0. The van der Waals surface area contributed by atoms with Gasteiger partial charge in [0.05, 0.1) is 13.2 Å². The van der Waals surface area contributed by atoms with Crippen molar-refractivity contribution in [2.75, 3.05) is 7.11 Å². The highest BCUT2D eigenvalue weighted by Gasteiger charge is 2.20. The second-order valence-corrected chi connectivity index (χ2v) is 4.27. The van der Waals surface area contributed by atoms with Crippen molar-refractivity contribution in [2.24, 2.45) is 0 Å². The van der Waals surface area contributed by atoms with Gasteiger partial charge in [-0.2, -0.15) is 8.42 Å². The summed E-state index contributed by atoms with van der Waals surface area (Å²) >= 11 is 0. The van der Waals surface area contributed by atoms with Crippen LogP contribution in [0.4, 0.5) is 0 Å². The SMILES string of the molecule is COS(=O)(=O)OC1CCCCC1. The largest absolute Gasteiger partial charge is 0.399 e. The Balaban J connectivity index is 2.39. The molecular weight excluding hydrogens is 180 g/mol. The van der Waals surface area contributed by atoms with Crippen LogP contribution in [-0.2, 0) is 18.8 Å². The Bertz CT molecular complexity index is 216. The second kappa shape index (κ2) is 4.20. The molecule has 0 unspecified atom stereocenters. The van der Waals surface area contributed by atoms with Gasteiger partial charge in [-0.05, 0) is 12.8 Å². The molecule has 1 saturated carbocycles. The van der Waals surface area contributed by atoms with Crippen molar-refractivity contribution in [3.8, 4) is 0 Å². The lowest BCUT2D eigenvalue weighted by molar-refractivity contribution is 0.134. The highest BCUT2D eigenvalue weighted by atomic mass is 32.3. The summed E-state index contributed by atoms with van der Waals surface area (Å²) in [6.07, 6.45) is 4.75. The van der Waals surface area contributed by atoms with E-state index >= 15 is 0 Å². The monoisotopic (exact) mass is 194 g/mol. The van der Waals surface area contributed by atoms with Crippen molar-refractivity contribution in [3.05, 3.63) is 0 Å². The quantitative estimate of drug-likeness (QED) is 0.678. The average molecular weight is 194 g/mol. The predicted molar refractivity (Wildman–Crippen MR) is 43.9 cm³/mol. The molecule has 0 radical (unpaired) electrons. The minimum atomic E-state index is -3.72. The van der Waals surface area contributed by atoms with Gasteiger partial charge in [-0.15, -0.1) is 0 Å². The van der Waals surface area contributed by atoms with E-state index < -0.39 is 10.4 Å². The van der Waals surface area contributed by atoms with Crippen LogP contribution >= 0.6 is 0 Å². The molecule has 0 aromatic carbocycles. The van der Waals surface area contributed by atoms with E-state index in [1.54, 1.807) is 0 Å². The van der Waals surface area contributed by atoms with Crippen molar-refractivity contribution in [2.45, 2.75) is 38.2 Å². The number of hydrogen-bond donors (Lipinski definition) is 0. The van der Waals surface area contributed by atoms with Gasteiger partial charge in [-0.1, -0.05) is 19.3 Å². The lowest BCUT2D eigenvalue weighted by atomic mass is 9.98. The van der Waals surface area contributed by atoms with Crippen LogP contribution in [0.5, 0.6) is 0 Å². The first-order valence-corrected chi connectivity index (χ1v) is 5.46. The van der Waals surface area contributed by atoms with Crippen LogP contribution in [0.25, 0.3) is 0 Å². The zero-order chi connectivity index (χ0) is 9.03. The molecule has 4 nitrogen and oxygen atoms in total. The van der Waals surface area contributed by atoms with E-state index in [0.29, 0.717) is 0 Å². The van der Waals surface area contributed by atoms with Crippen molar-refractivity contribution < 1.29 is 16.8 Å². The van der Waals surface area contributed by atoms with Gasteiger partial charge in [0.25, 0.3) is 0 Å². The summed E-state index contributed by atoms with van der Waals surface area (Å²) in [5.74, 6) is 0. The molecule has 0 aliphatic heterocycles. The van der Waals surface area contributed by atoms with E-state index in [-0.39, 0.29) is 6.10 Å². The first kappa shape index (κ1) is 9.95. The minimum Gasteiger partial charge on any atom is -0.252 e. The molecule has 0 heterocycles. The van der Waals surface area contributed by atoms with Gasteiger partial charge in [-0.25, -0.2) is 4.18 Å². The molecule has 0 bridgehead atoms. The average Bonchev–Trinajstić information content (AvgIpc) is 2.06. The maximum absolute atomic E-state index is 10.8. The predicted octanol–water partition coefficient (Wildman–Crippen LogP) is 1.23. The standard InChI is InChI=1S/C7H14O4S/c1-10-12(8,9)11-7-5-3-2-4-6-7/h7H,2-6H2,1H3. The molecule has 1 aliphatic carbocycles. The molecular formula is C7H14O4S. The van der Waals surface area contributed by atoms with Crippen LogP contribution in [0.3, 0.4) is 0 Å². The fourth-order valence-corrected chi connectivity index (χ4v) is 1.97. The summed E-state index contributed by atoms with van der Waals surface area (Å²) in [4.78, 5) is 0. The lowest BCUT2D eigenvalue weighted by Gasteiger charge is -2.20. The molecule has 0 aromatic heterocycles. The Morgan fingerprint density at radius 2 is 1.75 bits per heavy atom. The molecule has 5 heteroatoms. The summed E-state index contributed by atoms with van der Waals surface area (Å²) in [5.41, 5.74) is 0. The molecule has 12 heavy (non-hydrogen) atoms. The molecule has 1 fully saturated rings. The van der Waals surface area contributed by atoms with E-state index in [2.05, 4.69) is 4.18 Å². The zero-order valence-electron chi connectivity index (χ0n) is 7.15. The highest BCUT2D eigenvalue weighted by molar-refractivity contribution is 7.81. The molecule has 0 saturated heterocycles. The van der Waals surface area contributed by atoms with Crippen LogP contribution in [0, 0.1) is 0 Å². The summed E-state index contributed by atoms with van der Waals surface area (Å²) < 4.78 is 30.6. The normalized spacial score (nSPS) is 21.1. The summed E-state index contributed by atoms with van der Waals surface area (Å²) in [6, 6.07) is 0. The fraction of sp³-hybridized carbons (Fsp3) is 1.00. The van der Waals surface area contributed by atoms with Crippen molar-refractivity contribution in [1.29, 1.82) is 0 Å². The topological polar surface area (TPSA) is 52.6 Å². The van der Waals surface area contributed by atoms with Crippen LogP contribution in [0.15, 0.2) is 0 Å². The third-order valence-corrected chi connectivity index (χ3v) is 2.93. The molecule has 0 atom stereocenters. The summed E-state index contributed by atoms with van der Waals surface area (Å²) in [7, 11) is -2.61. The van der Waals surface area contributed by atoms with Gasteiger partial charge in [0.2, 0.25) is 0 Å². The molecule has 1 aliphatic rings. The van der Waals surface area contributed by atoms with E-state index in [0.717, 1.165) is 32.8 Å². The Hall–Kier alpha value is -0.130. The summed E-state index contributed by atoms with van der Waals surface area (Å²) in [5, 5.41) is 0. The molecule has 0 spiro atoms. The Morgan fingerprint density at radius 3 is 2.25 bits per heavy atom. The Morgan fingerprint density at radius 1 is 1.17 bits per heavy atom. The molecule has 0 N–H and O–H groups in total. The maximum Gasteiger partial charge on any atom is 0.399 e. The minimum absolute atomic E-state index is 0.163. The fourth-order valence-electron chi connectivity index (χ4n) is 1.37. The molecule has 1 rings (SSSR count). The first-order valence-electron chi connectivity index (χ1n) is 4.13. The Kier molecular flexibility index (Phi) is 3.49. The molecule has 72 valence electrons. The van der Waals surface area contributed by atoms with Gasteiger partial charge in [-0.3, -0.25) is 4.18 Å². The van der Waals surface area contributed by atoms with Crippen molar-refractivity contribution in [1.82, 2.24) is 0 Å². The van der Waals surface area contributed by atoms with E-state index in [1.807, 2.05) is 0 Å². The van der Waals surface area contributed by atoms with Crippen LogP contribution in [-0.4, -0.2) is 21.6 Å². The van der Waals surface area contributed by atoms with Crippen LogP contribution in [0.1, 0.15) is 32.1 Å². The highest BCUT2D eigenvalue weighted by Crippen LogP contribution is 2.21. The van der Waals surface area contributed by atoms with Gasteiger partial charge in [0, 0.05) is 0 Å². The third kappa shape index (κ3) is 3.08. The second-order valence-electron chi connectivity index (χ2n) is 2.93. The van der Waals surface area contributed by atoms with Crippen molar-refractivity contribution >= 4 is 10.4 Å². The third-order valence-electron chi connectivity index (χ3n) is 2.01. The van der Waals surface area contributed by atoms with Gasteiger partial charge < -0.3 is 0 Å². The first-order chi connectivity index (χ1) is 5.64. The smallest absolute Gasteiger partial charge is 0.252 e. The van der Waals surface area contributed by atoms with Gasteiger partial charge >= 0.3 is 10.4 Å². The number of hydrogen-bond acceptors (Lipinski definition) is 4. The number of rotatable bonds is 3. The van der Waals surface area contributed by atoms with Crippen molar-refractivity contribution in [3.63, 3.8) is 0 Å². The van der Waals surface area contributed by atoms with Gasteiger partial charge in [0.1, 0.15) is 0 Å². The zero-order valence-corrected chi connectivity index (χ0v) is 7.97. The van der Waals surface area contributed by atoms with Crippen LogP contribution < -0.4 is 0 Å². The van der Waals surface area contributed by atoms with E-state index in [1.165, 1.54) is 6.42 Å². The maximum atomic E-state index is 10.8.